The highest BCUT2D eigenvalue weighted by Gasteiger charge is 2.24. The number of aromatic nitrogens is 1. The number of benzene rings is 1. The smallest absolute Gasteiger partial charge is 0.322 e. The van der Waals surface area contributed by atoms with Gasteiger partial charge < -0.3 is 25.4 Å². The molecule has 132 valence electrons. The Bertz CT molecular complexity index is 694. The minimum absolute atomic E-state index is 0.00798. The van der Waals surface area contributed by atoms with Crippen LogP contribution in [0.15, 0.2) is 48.8 Å². The normalized spacial score (nSPS) is 17.2. The number of nitrogens with one attached hydrogen (secondary N) is 1. The van der Waals surface area contributed by atoms with Gasteiger partial charge in [0.15, 0.2) is 5.75 Å². The van der Waals surface area contributed by atoms with Gasteiger partial charge in [-0.1, -0.05) is 12.1 Å². The zero-order valence-corrected chi connectivity index (χ0v) is 13.9. The number of urea groups is 1. The van der Waals surface area contributed by atoms with E-state index in [1.165, 1.54) is 0 Å². The lowest BCUT2D eigenvalue weighted by Crippen LogP contribution is -2.47. The van der Waals surface area contributed by atoms with Gasteiger partial charge >= 0.3 is 6.03 Å². The summed E-state index contributed by atoms with van der Waals surface area (Å²) in [6.07, 6.45) is 4.03. The summed E-state index contributed by atoms with van der Waals surface area (Å²) >= 11 is 0. The number of nitrogens with two attached hydrogens (primary N) is 1. The van der Waals surface area contributed by atoms with E-state index in [2.05, 4.69) is 10.3 Å². The van der Waals surface area contributed by atoms with Gasteiger partial charge in [0.2, 0.25) is 0 Å². The van der Waals surface area contributed by atoms with E-state index in [0.717, 1.165) is 6.42 Å². The summed E-state index contributed by atoms with van der Waals surface area (Å²) in [5.41, 5.74) is 6.19. The second kappa shape index (κ2) is 8.46. The zero-order chi connectivity index (χ0) is 17.5. The largest absolute Gasteiger partial charge is 0.454 e. The first-order valence-corrected chi connectivity index (χ1v) is 8.31. The molecule has 1 atom stereocenters. The van der Waals surface area contributed by atoms with Gasteiger partial charge in [0.25, 0.3) is 0 Å². The molecule has 2 heterocycles. The van der Waals surface area contributed by atoms with Crippen LogP contribution in [0.1, 0.15) is 6.42 Å². The lowest BCUT2D eigenvalue weighted by Gasteiger charge is -2.33. The molecule has 3 N–H and O–H groups in total. The topological polar surface area (TPSA) is 89.7 Å². The Hall–Kier alpha value is -2.64. The van der Waals surface area contributed by atoms with Crippen molar-refractivity contribution in [2.24, 2.45) is 5.73 Å². The Morgan fingerprint density at radius 1 is 1.36 bits per heavy atom. The molecule has 2 amide bonds. The number of para-hydroxylation sites is 2. The number of amides is 2. The van der Waals surface area contributed by atoms with Crippen LogP contribution in [-0.4, -0.2) is 48.3 Å². The molecule has 1 aliphatic heterocycles. The first-order valence-electron chi connectivity index (χ1n) is 8.31. The summed E-state index contributed by atoms with van der Waals surface area (Å²) in [5, 5.41) is 2.92. The third-order valence-corrected chi connectivity index (χ3v) is 3.91. The molecule has 0 saturated carbocycles. The third kappa shape index (κ3) is 4.68. The van der Waals surface area contributed by atoms with E-state index in [1.54, 1.807) is 35.5 Å². The summed E-state index contributed by atoms with van der Waals surface area (Å²) in [7, 11) is 0. The van der Waals surface area contributed by atoms with E-state index in [-0.39, 0.29) is 12.1 Å². The van der Waals surface area contributed by atoms with Gasteiger partial charge in [0.1, 0.15) is 5.75 Å². The molecule has 0 radical (unpaired) electrons. The van der Waals surface area contributed by atoms with Crippen LogP contribution in [-0.2, 0) is 4.74 Å². The maximum Gasteiger partial charge on any atom is 0.322 e. The molecule has 1 aromatic carbocycles. The fourth-order valence-electron chi connectivity index (χ4n) is 2.65. The molecule has 1 fully saturated rings. The molecule has 0 unspecified atom stereocenters. The van der Waals surface area contributed by atoms with Crippen molar-refractivity contribution in [2.75, 3.05) is 31.6 Å². The molecular formula is C18H22N4O3. The Labute approximate surface area is 146 Å². The van der Waals surface area contributed by atoms with E-state index in [1.807, 2.05) is 18.2 Å². The van der Waals surface area contributed by atoms with Crippen LogP contribution in [0.5, 0.6) is 11.5 Å². The van der Waals surface area contributed by atoms with Crippen molar-refractivity contribution >= 4 is 11.7 Å². The van der Waals surface area contributed by atoms with Crippen LogP contribution < -0.4 is 15.8 Å². The first-order chi connectivity index (χ1) is 12.3. The fraction of sp³-hybridized carbons (Fsp3) is 0.333. The maximum atomic E-state index is 12.6. The summed E-state index contributed by atoms with van der Waals surface area (Å²) in [6.45, 7) is 2.15. The van der Waals surface area contributed by atoms with Gasteiger partial charge in [-0.05, 0) is 37.2 Å². The highest BCUT2D eigenvalue weighted by atomic mass is 16.5. The van der Waals surface area contributed by atoms with E-state index < -0.39 is 0 Å². The van der Waals surface area contributed by atoms with Crippen LogP contribution in [0.4, 0.5) is 10.5 Å². The van der Waals surface area contributed by atoms with Crippen LogP contribution in [0.2, 0.25) is 0 Å². The molecule has 1 aliphatic rings. The van der Waals surface area contributed by atoms with Crippen molar-refractivity contribution < 1.29 is 14.3 Å². The highest BCUT2D eigenvalue weighted by molar-refractivity contribution is 5.91. The SMILES string of the molecule is NCC[C@H]1CN(C(=O)Nc2ccccc2Oc2cccnc2)CCO1. The van der Waals surface area contributed by atoms with Crippen molar-refractivity contribution in [3.05, 3.63) is 48.8 Å². The first kappa shape index (κ1) is 17.2. The predicted octanol–water partition coefficient (Wildman–Crippen LogP) is 2.46. The number of morpholine rings is 1. The summed E-state index contributed by atoms with van der Waals surface area (Å²) in [6, 6.07) is 10.7. The van der Waals surface area contributed by atoms with Crippen LogP contribution in [0.25, 0.3) is 0 Å². The van der Waals surface area contributed by atoms with Crippen molar-refractivity contribution in [3.8, 4) is 11.5 Å². The van der Waals surface area contributed by atoms with Crippen LogP contribution >= 0.6 is 0 Å². The molecule has 1 aromatic heterocycles. The van der Waals surface area contributed by atoms with Gasteiger partial charge in [-0.3, -0.25) is 4.98 Å². The summed E-state index contributed by atoms with van der Waals surface area (Å²) in [4.78, 5) is 18.3. The van der Waals surface area contributed by atoms with Gasteiger partial charge in [-0.15, -0.1) is 0 Å². The van der Waals surface area contributed by atoms with Crippen molar-refractivity contribution in [1.82, 2.24) is 9.88 Å². The molecule has 0 bridgehead atoms. The third-order valence-electron chi connectivity index (χ3n) is 3.91. The minimum Gasteiger partial charge on any atom is -0.454 e. The Morgan fingerprint density at radius 3 is 3.04 bits per heavy atom. The quantitative estimate of drug-likeness (QED) is 0.871. The zero-order valence-electron chi connectivity index (χ0n) is 13.9. The molecule has 0 aliphatic carbocycles. The molecule has 0 spiro atoms. The number of ether oxygens (including phenoxy) is 2. The number of hydrogen-bond donors (Lipinski definition) is 2. The van der Waals surface area contributed by atoms with E-state index >= 15 is 0 Å². The van der Waals surface area contributed by atoms with Crippen LogP contribution in [0, 0.1) is 0 Å². The maximum absolute atomic E-state index is 12.6. The number of anilines is 1. The number of rotatable bonds is 5. The number of carbonyl (C=O) groups is 1. The van der Waals surface area contributed by atoms with Crippen molar-refractivity contribution in [2.45, 2.75) is 12.5 Å². The van der Waals surface area contributed by atoms with Gasteiger partial charge in [0.05, 0.1) is 24.6 Å². The average Bonchev–Trinajstić information content (AvgIpc) is 2.65. The second-order valence-electron chi connectivity index (χ2n) is 5.73. The van der Waals surface area contributed by atoms with Gasteiger partial charge in [0, 0.05) is 19.3 Å². The lowest BCUT2D eigenvalue weighted by molar-refractivity contribution is -0.0146. The monoisotopic (exact) mass is 342 g/mol. The van der Waals surface area contributed by atoms with Crippen molar-refractivity contribution in [1.29, 1.82) is 0 Å². The van der Waals surface area contributed by atoms with Gasteiger partial charge in [-0.25, -0.2) is 4.79 Å². The van der Waals surface area contributed by atoms with Crippen LogP contribution in [0.3, 0.4) is 0 Å². The lowest BCUT2D eigenvalue weighted by atomic mass is 10.2. The molecule has 7 nitrogen and oxygen atoms in total. The van der Waals surface area contributed by atoms with Gasteiger partial charge in [-0.2, -0.15) is 0 Å². The number of hydrogen-bond acceptors (Lipinski definition) is 5. The number of nitrogens with zero attached hydrogens (tertiary/aromatic N) is 2. The summed E-state index contributed by atoms with van der Waals surface area (Å²) in [5.74, 6) is 1.18. The second-order valence-corrected chi connectivity index (χ2v) is 5.73. The van der Waals surface area contributed by atoms with Crippen molar-refractivity contribution in [3.63, 3.8) is 0 Å². The standard InChI is InChI=1S/C18H22N4O3/c19-8-7-15-13-22(10-11-24-15)18(23)21-16-5-1-2-6-17(16)25-14-4-3-9-20-12-14/h1-6,9,12,15H,7-8,10-11,13,19H2,(H,21,23)/t15-/m0/s1. The molecular weight excluding hydrogens is 320 g/mol. The Morgan fingerprint density at radius 2 is 2.24 bits per heavy atom. The van der Waals surface area contributed by atoms with E-state index in [4.69, 9.17) is 15.2 Å². The Balaban J connectivity index is 1.67. The summed E-state index contributed by atoms with van der Waals surface area (Å²) < 4.78 is 11.4. The average molecular weight is 342 g/mol. The predicted molar refractivity (Wildman–Crippen MR) is 94.8 cm³/mol. The van der Waals surface area contributed by atoms with E-state index in [9.17, 15) is 4.79 Å². The molecule has 25 heavy (non-hydrogen) atoms. The number of carbonyl (C=O) groups excluding carboxylic acids is 1. The highest BCUT2D eigenvalue weighted by Crippen LogP contribution is 2.29. The Kier molecular flexibility index (Phi) is 5.81. The minimum atomic E-state index is -0.174. The number of pyridine rings is 1. The molecule has 1 saturated heterocycles. The molecule has 7 heteroatoms. The molecule has 2 aromatic rings. The fourth-order valence-corrected chi connectivity index (χ4v) is 2.65. The molecule has 3 rings (SSSR count). The van der Waals surface area contributed by atoms with E-state index in [0.29, 0.717) is 43.4 Å².